The second kappa shape index (κ2) is 10.1. The lowest BCUT2D eigenvalue weighted by Crippen LogP contribution is -2.23. The highest BCUT2D eigenvalue weighted by Crippen LogP contribution is 2.24. The Morgan fingerprint density at radius 3 is 2.62 bits per heavy atom. The molecule has 0 bridgehead atoms. The molecule has 5 heteroatoms. The first-order valence-electron chi connectivity index (χ1n) is 8.56. The first-order valence-corrected chi connectivity index (χ1v) is 8.56. The van der Waals surface area contributed by atoms with E-state index in [1.807, 2.05) is 49.4 Å². The van der Waals surface area contributed by atoms with Crippen molar-refractivity contribution in [1.82, 2.24) is 5.32 Å². The molecule has 0 aliphatic heterocycles. The van der Waals surface area contributed by atoms with Gasteiger partial charge in [-0.2, -0.15) is 0 Å². The predicted molar refractivity (Wildman–Crippen MR) is 103 cm³/mol. The molecule has 1 amide bonds. The fraction of sp³-hybridized carbons (Fsp3) is 0.286. The lowest BCUT2D eigenvalue weighted by Gasteiger charge is -2.10. The van der Waals surface area contributed by atoms with Crippen molar-refractivity contribution in [2.45, 2.75) is 13.3 Å². The number of hydrogen-bond donors (Lipinski definition) is 1. The number of carbonyl (C=O) groups is 1. The van der Waals surface area contributed by atoms with Gasteiger partial charge in [0.15, 0.2) is 0 Å². The molecule has 0 aliphatic rings. The maximum absolute atomic E-state index is 12.1. The minimum absolute atomic E-state index is 0.154. The summed E-state index contributed by atoms with van der Waals surface area (Å²) in [5, 5.41) is 2.88. The van der Waals surface area contributed by atoms with Crippen molar-refractivity contribution >= 4 is 12.0 Å². The number of para-hydroxylation sites is 1. The van der Waals surface area contributed by atoms with Crippen molar-refractivity contribution < 1.29 is 19.0 Å². The van der Waals surface area contributed by atoms with Gasteiger partial charge in [-0.1, -0.05) is 18.2 Å². The van der Waals surface area contributed by atoms with Crippen LogP contribution in [-0.4, -0.2) is 33.3 Å². The first kappa shape index (κ1) is 19.4. The summed E-state index contributed by atoms with van der Waals surface area (Å²) in [6.07, 6.45) is 3.92. The van der Waals surface area contributed by atoms with Crippen molar-refractivity contribution in [3.8, 4) is 17.2 Å². The van der Waals surface area contributed by atoms with Crippen LogP contribution in [0.2, 0.25) is 0 Å². The van der Waals surface area contributed by atoms with Crippen LogP contribution in [-0.2, 0) is 11.2 Å². The third-order valence-corrected chi connectivity index (χ3v) is 3.81. The molecule has 0 heterocycles. The van der Waals surface area contributed by atoms with Crippen LogP contribution in [0.25, 0.3) is 6.08 Å². The van der Waals surface area contributed by atoms with Gasteiger partial charge in [0.1, 0.15) is 17.2 Å². The summed E-state index contributed by atoms with van der Waals surface area (Å²) < 4.78 is 16.1. The second-order valence-corrected chi connectivity index (χ2v) is 5.52. The van der Waals surface area contributed by atoms with Gasteiger partial charge in [0.05, 0.1) is 20.8 Å². The zero-order valence-electron chi connectivity index (χ0n) is 15.5. The topological polar surface area (TPSA) is 56.8 Å². The number of nitrogens with one attached hydrogen (secondary N) is 1. The van der Waals surface area contributed by atoms with E-state index in [4.69, 9.17) is 14.2 Å². The van der Waals surface area contributed by atoms with Gasteiger partial charge >= 0.3 is 0 Å². The summed E-state index contributed by atoms with van der Waals surface area (Å²) in [5.74, 6) is 2.15. The Hall–Kier alpha value is -2.95. The summed E-state index contributed by atoms with van der Waals surface area (Å²) >= 11 is 0. The molecule has 0 saturated heterocycles. The van der Waals surface area contributed by atoms with Crippen LogP contribution in [0.1, 0.15) is 18.1 Å². The predicted octanol–water partition coefficient (Wildman–Crippen LogP) is 3.47. The third kappa shape index (κ3) is 5.55. The van der Waals surface area contributed by atoms with Crippen LogP contribution in [0, 0.1) is 0 Å². The van der Waals surface area contributed by atoms with Gasteiger partial charge in [-0.05, 0) is 49.2 Å². The first-order chi connectivity index (χ1) is 12.7. The number of carbonyl (C=O) groups excluding carboxylic acids is 1. The Morgan fingerprint density at radius 1 is 1.08 bits per heavy atom. The third-order valence-electron chi connectivity index (χ3n) is 3.81. The van der Waals surface area contributed by atoms with Gasteiger partial charge in [0.25, 0.3) is 0 Å². The minimum Gasteiger partial charge on any atom is -0.497 e. The van der Waals surface area contributed by atoms with E-state index in [1.165, 1.54) is 6.08 Å². The van der Waals surface area contributed by atoms with Crippen LogP contribution in [0.5, 0.6) is 17.2 Å². The van der Waals surface area contributed by atoms with Gasteiger partial charge in [-0.15, -0.1) is 0 Å². The molecule has 138 valence electrons. The van der Waals surface area contributed by atoms with Gasteiger partial charge in [0.2, 0.25) is 5.91 Å². The number of benzene rings is 2. The van der Waals surface area contributed by atoms with Crippen LogP contribution in [0.3, 0.4) is 0 Å². The van der Waals surface area contributed by atoms with E-state index in [0.29, 0.717) is 19.6 Å². The smallest absolute Gasteiger partial charge is 0.244 e. The molecule has 0 aliphatic carbocycles. The Labute approximate surface area is 154 Å². The molecule has 2 aromatic carbocycles. The molecule has 0 aromatic heterocycles. The Balaban J connectivity index is 1.92. The molecule has 0 atom stereocenters. The fourth-order valence-corrected chi connectivity index (χ4v) is 2.53. The zero-order chi connectivity index (χ0) is 18.8. The van der Waals surface area contributed by atoms with Crippen LogP contribution in [0.4, 0.5) is 0 Å². The molecule has 0 fully saturated rings. The van der Waals surface area contributed by atoms with Crippen LogP contribution < -0.4 is 19.5 Å². The van der Waals surface area contributed by atoms with Crippen molar-refractivity contribution in [1.29, 1.82) is 0 Å². The average Bonchev–Trinajstić information content (AvgIpc) is 2.67. The highest BCUT2D eigenvalue weighted by Gasteiger charge is 2.06. The van der Waals surface area contributed by atoms with E-state index in [2.05, 4.69) is 5.32 Å². The number of hydrogen-bond acceptors (Lipinski definition) is 4. The maximum atomic E-state index is 12.1. The molecule has 0 radical (unpaired) electrons. The van der Waals surface area contributed by atoms with E-state index in [-0.39, 0.29) is 5.91 Å². The van der Waals surface area contributed by atoms with Crippen molar-refractivity contribution in [3.05, 3.63) is 59.7 Å². The monoisotopic (exact) mass is 355 g/mol. The Morgan fingerprint density at radius 2 is 1.88 bits per heavy atom. The fourth-order valence-electron chi connectivity index (χ4n) is 2.53. The van der Waals surface area contributed by atoms with E-state index in [9.17, 15) is 4.79 Å². The SMILES string of the molecule is CCOc1ccccc1/C=C/C(=O)NCCc1cc(OC)ccc1OC. The molecular formula is C21H25NO4. The Bertz CT molecular complexity index is 755. The molecule has 2 aromatic rings. The molecule has 0 saturated carbocycles. The summed E-state index contributed by atoms with van der Waals surface area (Å²) in [7, 11) is 3.25. The van der Waals surface area contributed by atoms with Crippen LogP contribution >= 0.6 is 0 Å². The van der Waals surface area contributed by atoms with Gasteiger partial charge in [0, 0.05) is 18.2 Å². The second-order valence-electron chi connectivity index (χ2n) is 5.52. The molecule has 0 unspecified atom stereocenters. The summed E-state index contributed by atoms with van der Waals surface area (Å²) in [4.78, 5) is 12.1. The van der Waals surface area contributed by atoms with E-state index < -0.39 is 0 Å². The van der Waals surface area contributed by atoms with Gasteiger partial charge in [-0.25, -0.2) is 0 Å². The minimum atomic E-state index is -0.154. The number of amides is 1. The van der Waals surface area contributed by atoms with E-state index in [0.717, 1.165) is 28.4 Å². The largest absolute Gasteiger partial charge is 0.497 e. The number of ether oxygens (including phenoxy) is 3. The molecular weight excluding hydrogens is 330 g/mol. The number of methoxy groups -OCH3 is 2. The molecule has 0 spiro atoms. The van der Waals surface area contributed by atoms with Gasteiger partial charge < -0.3 is 19.5 Å². The lowest BCUT2D eigenvalue weighted by molar-refractivity contribution is -0.116. The highest BCUT2D eigenvalue weighted by atomic mass is 16.5. The Kier molecular flexibility index (Phi) is 7.55. The summed E-state index contributed by atoms with van der Waals surface area (Å²) in [6.45, 7) is 3.01. The number of rotatable bonds is 9. The summed E-state index contributed by atoms with van der Waals surface area (Å²) in [6, 6.07) is 13.2. The highest BCUT2D eigenvalue weighted by molar-refractivity contribution is 5.92. The summed E-state index contributed by atoms with van der Waals surface area (Å²) in [5.41, 5.74) is 1.86. The molecule has 5 nitrogen and oxygen atoms in total. The normalized spacial score (nSPS) is 10.6. The van der Waals surface area contributed by atoms with E-state index in [1.54, 1.807) is 20.3 Å². The van der Waals surface area contributed by atoms with Crippen molar-refractivity contribution in [3.63, 3.8) is 0 Å². The van der Waals surface area contributed by atoms with Gasteiger partial charge in [-0.3, -0.25) is 4.79 Å². The van der Waals surface area contributed by atoms with E-state index >= 15 is 0 Å². The quantitative estimate of drug-likeness (QED) is 0.700. The zero-order valence-corrected chi connectivity index (χ0v) is 15.5. The maximum Gasteiger partial charge on any atom is 0.244 e. The molecule has 1 N–H and O–H groups in total. The van der Waals surface area contributed by atoms with Crippen molar-refractivity contribution in [2.24, 2.45) is 0 Å². The van der Waals surface area contributed by atoms with Crippen molar-refractivity contribution in [2.75, 3.05) is 27.4 Å². The average molecular weight is 355 g/mol. The molecule has 26 heavy (non-hydrogen) atoms. The lowest BCUT2D eigenvalue weighted by atomic mass is 10.1. The standard InChI is InChI=1S/C21H25NO4/c1-4-26-20-8-6-5-7-16(20)9-12-21(23)22-14-13-17-15-18(24-2)10-11-19(17)25-3/h5-12,15H,4,13-14H2,1-3H3,(H,22,23)/b12-9+. The molecule has 2 rings (SSSR count). The van der Waals surface area contributed by atoms with Crippen LogP contribution in [0.15, 0.2) is 48.5 Å².